The van der Waals surface area contributed by atoms with Crippen LogP contribution in [0.3, 0.4) is 0 Å². The van der Waals surface area contributed by atoms with Crippen LogP contribution in [0, 0.1) is 5.92 Å². The number of anilines is 1. The molecule has 2 rings (SSSR count). The minimum absolute atomic E-state index is 0.0968. The average molecular weight is 235 g/mol. The predicted octanol–water partition coefficient (Wildman–Crippen LogP) is 1.95. The summed E-state index contributed by atoms with van der Waals surface area (Å²) in [5.41, 5.74) is 2.05. The lowest BCUT2D eigenvalue weighted by molar-refractivity contribution is 0.0464. The number of para-hydroxylation sites is 1. The molecule has 0 aromatic heterocycles. The predicted molar refractivity (Wildman–Crippen MR) is 69.1 cm³/mol. The van der Waals surface area contributed by atoms with Crippen LogP contribution in [-0.2, 0) is 0 Å². The molecule has 1 aromatic rings. The Hall–Kier alpha value is -1.06. The maximum absolute atomic E-state index is 9.73. The molecule has 1 saturated carbocycles. The third kappa shape index (κ3) is 2.79. The first-order chi connectivity index (χ1) is 8.08. The van der Waals surface area contributed by atoms with E-state index in [4.69, 9.17) is 0 Å². The van der Waals surface area contributed by atoms with Gasteiger partial charge in [0.05, 0.1) is 12.2 Å². The van der Waals surface area contributed by atoms with Crippen molar-refractivity contribution in [2.24, 2.45) is 5.92 Å². The van der Waals surface area contributed by atoms with Gasteiger partial charge in [-0.05, 0) is 31.7 Å². The van der Waals surface area contributed by atoms with Crippen molar-refractivity contribution in [3.05, 3.63) is 29.8 Å². The number of aliphatic hydroxyl groups is 2. The molecule has 17 heavy (non-hydrogen) atoms. The van der Waals surface area contributed by atoms with Crippen molar-refractivity contribution in [3.8, 4) is 0 Å². The van der Waals surface area contributed by atoms with Crippen LogP contribution in [0.15, 0.2) is 24.3 Å². The number of benzene rings is 1. The Bertz CT molecular complexity index is 372. The fourth-order valence-electron chi connectivity index (χ4n) is 2.52. The van der Waals surface area contributed by atoms with Crippen LogP contribution < -0.4 is 4.90 Å². The summed E-state index contributed by atoms with van der Waals surface area (Å²) < 4.78 is 0. The normalized spacial score (nSPS) is 25.2. The highest BCUT2D eigenvalue weighted by Crippen LogP contribution is 2.31. The van der Waals surface area contributed by atoms with Gasteiger partial charge < -0.3 is 15.1 Å². The molecule has 0 heterocycles. The Morgan fingerprint density at radius 1 is 1.35 bits per heavy atom. The van der Waals surface area contributed by atoms with Gasteiger partial charge in [-0.2, -0.15) is 0 Å². The van der Waals surface area contributed by atoms with E-state index in [9.17, 15) is 10.2 Å². The Morgan fingerprint density at radius 3 is 2.59 bits per heavy atom. The molecular weight excluding hydrogens is 214 g/mol. The molecule has 0 bridgehead atoms. The van der Waals surface area contributed by atoms with Crippen molar-refractivity contribution in [1.82, 2.24) is 0 Å². The first-order valence-corrected chi connectivity index (χ1v) is 6.24. The summed E-state index contributed by atoms with van der Waals surface area (Å²) in [4.78, 5) is 2.18. The molecule has 1 atom stereocenters. The standard InChI is InChI=1S/C14H21NO2/c1-10(16)13-5-3-4-6-14(13)15(2)9-11-7-12(17)8-11/h3-6,10-12,16-17H,7-9H2,1-2H3/t10-,11?,12?/m1/s1. The summed E-state index contributed by atoms with van der Waals surface area (Å²) in [6.45, 7) is 2.74. The summed E-state index contributed by atoms with van der Waals surface area (Å²) in [6.07, 6.45) is 1.27. The highest BCUT2D eigenvalue weighted by atomic mass is 16.3. The topological polar surface area (TPSA) is 43.7 Å². The average Bonchev–Trinajstić information content (AvgIpc) is 2.27. The fraction of sp³-hybridized carbons (Fsp3) is 0.571. The second kappa shape index (κ2) is 5.07. The molecule has 1 fully saturated rings. The van der Waals surface area contributed by atoms with Gasteiger partial charge in [0.25, 0.3) is 0 Å². The van der Waals surface area contributed by atoms with E-state index >= 15 is 0 Å². The monoisotopic (exact) mass is 235 g/mol. The summed E-state index contributed by atoms with van der Waals surface area (Å²) in [7, 11) is 2.05. The number of hydrogen-bond acceptors (Lipinski definition) is 3. The molecule has 3 nitrogen and oxygen atoms in total. The smallest absolute Gasteiger partial charge is 0.0781 e. The van der Waals surface area contributed by atoms with E-state index in [0.717, 1.165) is 30.6 Å². The van der Waals surface area contributed by atoms with Crippen molar-refractivity contribution in [3.63, 3.8) is 0 Å². The maximum Gasteiger partial charge on any atom is 0.0781 e. The van der Waals surface area contributed by atoms with Crippen LogP contribution in [-0.4, -0.2) is 29.9 Å². The molecule has 0 aliphatic heterocycles. The molecule has 0 unspecified atom stereocenters. The highest BCUT2D eigenvalue weighted by Gasteiger charge is 2.28. The Labute approximate surface area is 103 Å². The maximum atomic E-state index is 9.73. The molecule has 2 N–H and O–H groups in total. The van der Waals surface area contributed by atoms with Gasteiger partial charge in [0.2, 0.25) is 0 Å². The van der Waals surface area contributed by atoms with E-state index in [1.165, 1.54) is 0 Å². The molecule has 3 heteroatoms. The first kappa shape index (κ1) is 12.4. The molecule has 1 aliphatic rings. The van der Waals surface area contributed by atoms with E-state index in [1.807, 2.05) is 31.3 Å². The van der Waals surface area contributed by atoms with Gasteiger partial charge >= 0.3 is 0 Å². The number of aliphatic hydroxyl groups excluding tert-OH is 2. The zero-order chi connectivity index (χ0) is 12.4. The van der Waals surface area contributed by atoms with Gasteiger partial charge in [-0.3, -0.25) is 0 Å². The van der Waals surface area contributed by atoms with E-state index in [-0.39, 0.29) is 6.10 Å². The van der Waals surface area contributed by atoms with Crippen molar-refractivity contribution in [2.75, 3.05) is 18.5 Å². The van der Waals surface area contributed by atoms with Crippen molar-refractivity contribution < 1.29 is 10.2 Å². The van der Waals surface area contributed by atoms with Crippen LogP contribution in [0.5, 0.6) is 0 Å². The number of rotatable bonds is 4. The number of hydrogen-bond donors (Lipinski definition) is 2. The molecule has 0 amide bonds. The van der Waals surface area contributed by atoms with Crippen molar-refractivity contribution in [2.45, 2.75) is 32.0 Å². The summed E-state index contributed by atoms with van der Waals surface area (Å²) in [5, 5.41) is 19.0. The van der Waals surface area contributed by atoms with E-state index in [1.54, 1.807) is 6.92 Å². The van der Waals surface area contributed by atoms with Crippen LogP contribution in [0.2, 0.25) is 0 Å². The third-order valence-corrected chi connectivity index (χ3v) is 3.54. The summed E-state index contributed by atoms with van der Waals surface area (Å²) in [5.74, 6) is 0.581. The van der Waals surface area contributed by atoms with Crippen LogP contribution in [0.25, 0.3) is 0 Å². The first-order valence-electron chi connectivity index (χ1n) is 6.24. The largest absolute Gasteiger partial charge is 0.393 e. The second-order valence-electron chi connectivity index (χ2n) is 5.11. The van der Waals surface area contributed by atoms with E-state index in [2.05, 4.69) is 4.90 Å². The quantitative estimate of drug-likeness (QED) is 0.838. The van der Waals surface area contributed by atoms with Crippen molar-refractivity contribution >= 4 is 5.69 Å². The molecule has 1 aliphatic carbocycles. The van der Waals surface area contributed by atoms with E-state index < -0.39 is 6.10 Å². The van der Waals surface area contributed by atoms with E-state index in [0.29, 0.717) is 5.92 Å². The lowest BCUT2D eigenvalue weighted by atomic mass is 9.82. The molecule has 0 radical (unpaired) electrons. The van der Waals surface area contributed by atoms with Gasteiger partial charge in [0, 0.05) is 24.8 Å². The van der Waals surface area contributed by atoms with Gasteiger partial charge in [0.1, 0.15) is 0 Å². The molecule has 0 saturated heterocycles. The summed E-state index contributed by atoms with van der Waals surface area (Å²) in [6, 6.07) is 7.95. The zero-order valence-electron chi connectivity index (χ0n) is 10.5. The second-order valence-corrected chi connectivity index (χ2v) is 5.11. The van der Waals surface area contributed by atoms with Gasteiger partial charge in [-0.25, -0.2) is 0 Å². The van der Waals surface area contributed by atoms with Gasteiger partial charge in [-0.15, -0.1) is 0 Å². The highest BCUT2D eigenvalue weighted by molar-refractivity contribution is 5.54. The van der Waals surface area contributed by atoms with Crippen LogP contribution in [0.4, 0.5) is 5.69 Å². The minimum Gasteiger partial charge on any atom is -0.393 e. The lowest BCUT2D eigenvalue weighted by Crippen LogP contribution is -2.37. The van der Waals surface area contributed by atoms with Crippen molar-refractivity contribution in [1.29, 1.82) is 0 Å². The molecule has 0 spiro atoms. The van der Waals surface area contributed by atoms with Gasteiger partial charge in [0.15, 0.2) is 0 Å². The van der Waals surface area contributed by atoms with Crippen LogP contribution >= 0.6 is 0 Å². The SMILES string of the molecule is C[C@@H](O)c1ccccc1N(C)CC1CC(O)C1. The molecule has 94 valence electrons. The minimum atomic E-state index is -0.444. The Balaban J connectivity index is 2.05. The molecular formula is C14H21NO2. The van der Waals surface area contributed by atoms with Crippen LogP contribution in [0.1, 0.15) is 31.4 Å². The molecule has 1 aromatic carbocycles. The third-order valence-electron chi connectivity index (χ3n) is 3.54. The Morgan fingerprint density at radius 2 is 2.00 bits per heavy atom. The van der Waals surface area contributed by atoms with Gasteiger partial charge in [-0.1, -0.05) is 18.2 Å². The lowest BCUT2D eigenvalue weighted by Gasteiger charge is -2.36. The zero-order valence-corrected chi connectivity index (χ0v) is 10.5. The fourth-order valence-corrected chi connectivity index (χ4v) is 2.52. The summed E-state index contributed by atoms with van der Waals surface area (Å²) >= 11 is 0. The Kier molecular flexibility index (Phi) is 3.69. The number of nitrogens with zero attached hydrogens (tertiary/aromatic N) is 1.